The summed E-state index contributed by atoms with van der Waals surface area (Å²) in [6.45, 7) is 6.90. The van der Waals surface area contributed by atoms with Gasteiger partial charge in [-0.1, -0.05) is 29.8 Å². The first-order valence-corrected chi connectivity index (χ1v) is 6.87. The first-order chi connectivity index (χ1) is 9.56. The highest BCUT2D eigenvalue weighted by atomic mass is 16.2. The minimum absolute atomic E-state index is 0.0985. The molecule has 0 spiro atoms. The Balaban J connectivity index is 2.65. The number of nitrogens with one attached hydrogen (secondary N) is 1. The predicted molar refractivity (Wildman–Crippen MR) is 81.2 cm³/mol. The van der Waals surface area contributed by atoms with Crippen LogP contribution in [0, 0.1) is 6.92 Å². The summed E-state index contributed by atoms with van der Waals surface area (Å²) in [6.07, 6.45) is 3.28. The molecule has 0 aliphatic rings. The molecule has 0 aliphatic heterocycles. The molecule has 0 heterocycles. The minimum atomic E-state index is -0.153. The largest absolute Gasteiger partial charge is 0.355 e. The van der Waals surface area contributed by atoms with Crippen molar-refractivity contribution in [3.8, 4) is 0 Å². The van der Waals surface area contributed by atoms with Crippen LogP contribution in [0.1, 0.15) is 25.0 Å². The monoisotopic (exact) mass is 274 g/mol. The fourth-order valence-electron chi connectivity index (χ4n) is 1.82. The summed E-state index contributed by atoms with van der Waals surface area (Å²) in [7, 11) is 0. The third kappa shape index (κ3) is 5.26. The zero-order valence-electron chi connectivity index (χ0n) is 12.3. The molecule has 0 fully saturated rings. The van der Waals surface area contributed by atoms with Crippen LogP contribution in [0.3, 0.4) is 0 Å². The topological polar surface area (TPSA) is 49.4 Å². The van der Waals surface area contributed by atoms with E-state index in [9.17, 15) is 9.59 Å². The molecule has 1 aromatic rings. The van der Waals surface area contributed by atoms with E-state index in [-0.39, 0.29) is 18.4 Å². The van der Waals surface area contributed by atoms with E-state index in [4.69, 9.17) is 0 Å². The van der Waals surface area contributed by atoms with E-state index in [0.717, 1.165) is 11.1 Å². The van der Waals surface area contributed by atoms with Crippen LogP contribution >= 0.6 is 0 Å². The van der Waals surface area contributed by atoms with Gasteiger partial charge in [0.05, 0.1) is 6.54 Å². The van der Waals surface area contributed by atoms with E-state index in [2.05, 4.69) is 5.32 Å². The first-order valence-electron chi connectivity index (χ1n) is 6.87. The van der Waals surface area contributed by atoms with E-state index < -0.39 is 0 Å². The molecule has 4 heteroatoms. The average Bonchev–Trinajstić information content (AvgIpc) is 2.42. The first kappa shape index (κ1) is 16.0. The highest BCUT2D eigenvalue weighted by Gasteiger charge is 2.12. The van der Waals surface area contributed by atoms with Crippen molar-refractivity contribution in [2.24, 2.45) is 0 Å². The van der Waals surface area contributed by atoms with Crippen LogP contribution in [-0.4, -0.2) is 36.3 Å². The van der Waals surface area contributed by atoms with Crippen LogP contribution in [0.5, 0.6) is 0 Å². The molecule has 0 aliphatic carbocycles. The van der Waals surface area contributed by atoms with Gasteiger partial charge in [-0.2, -0.15) is 0 Å². The van der Waals surface area contributed by atoms with Crippen LogP contribution in [0.2, 0.25) is 0 Å². The van der Waals surface area contributed by atoms with Crippen molar-refractivity contribution in [2.75, 3.05) is 19.6 Å². The highest BCUT2D eigenvalue weighted by Crippen LogP contribution is 2.06. The summed E-state index contributed by atoms with van der Waals surface area (Å²) in [5.41, 5.74) is 2.13. The van der Waals surface area contributed by atoms with Gasteiger partial charge in [0.15, 0.2) is 0 Å². The number of carbonyl (C=O) groups excluding carboxylic acids is 2. The zero-order chi connectivity index (χ0) is 15.0. The standard InChI is InChI=1S/C16H22N2O2/c1-4-17-15(19)12-18(5-2)16(20)10-9-14-8-6-7-13(3)11-14/h6-11H,4-5,12H2,1-3H3,(H,17,19)/b10-9+. The Morgan fingerprint density at radius 1 is 1.30 bits per heavy atom. The van der Waals surface area contributed by atoms with Crippen molar-refractivity contribution in [2.45, 2.75) is 20.8 Å². The quantitative estimate of drug-likeness (QED) is 0.807. The lowest BCUT2D eigenvalue weighted by atomic mass is 10.1. The lowest BCUT2D eigenvalue weighted by molar-refractivity contribution is -0.132. The van der Waals surface area contributed by atoms with Crippen molar-refractivity contribution in [1.82, 2.24) is 10.2 Å². The highest BCUT2D eigenvalue weighted by molar-refractivity contribution is 5.94. The lowest BCUT2D eigenvalue weighted by Gasteiger charge is -2.18. The number of hydrogen-bond donors (Lipinski definition) is 1. The molecule has 0 bridgehead atoms. The molecule has 0 radical (unpaired) electrons. The summed E-state index contributed by atoms with van der Waals surface area (Å²) in [5.74, 6) is -0.285. The fourth-order valence-corrected chi connectivity index (χ4v) is 1.82. The number of rotatable bonds is 6. The van der Waals surface area contributed by atoms with Gasteiger partial charge in [-0.15, -0.1) is 0 Å². The molecular weight excluding hydrogens is 252 g/mol. The Hall–Kier alpha value is -2.10. The van der Waals surface area contributed by atoms with Gasteiger partial charge in [0.2, 0.25) is 11.8 Å². The minimum Gasteiger partial charge on any atom is -0.355 e. The van der Waals surface area contributed by atoms with E-state index in [1.54, 1.807) is 6.08 Å². The van der Waals surface area contributed by atoms with E-state index in [1.807, 2.05) is 45.0 Å². The van der Waals surface area contributed by atoms with Crippen LogP contribution in [0.15, 0.2) is 30.3 Å². The second-order valence-electron chi connectivity index (χ2n) is 4.55. The molecule has 0 aromatic heterocycles. The second-order valence-corrected chi connectivity index (χ2v) is 4.55. The lowest BCUT2D eigenvalue weighted by Crippen LogP contribution is -2.39. The molecule has 1 N–H and O–H groups in total. The van der Waals surface area contributed by atoms with Crippen LogP contribution < -0.4 is 5.32 Å². The summed E-state index contributed by atoms with van der Waals surface area (Å²) < 4.78 is 0. The van der Waals surface area contributed by atoms with Crippen molar-refractivity contribution >= 4 is 17.9 Å². The molecule has 1 aromatic carbocycles. The number of hydrogen-bond acceptors (Lipinski definition) is 2. The predicted octanol–water partition coefficient (Wildman–Crippen LogP) is 1.99. The summed E-state index contributed by atoms with van der Waals surface area (Å²) in [5, 5.41) is 2.69. The van der Waals surface area contributed by atoms with Crippen LogP contribution in [0.4, 0.5) is 0 Å². The van der Waals surface area contributed by atoms with Gasteiger partial charge >= 0.3 is 0 Å². The molecule has 0 saturated carbocycles. The van der Waals surface area contributed by atoms with Crippen molar-refractivity contribution in [1.29, 1.82) is 0 Å². The number of benzene rings is 1. The summed E-state index contributed by atoms with van der Waals surface area (Å²) in [4.78, 5) is 25.0. The van der Waals surface area contributed by atoms with Gasteiger partial charge in [-0.05, 0) is 32.4 Å². The Morgan fingerprint density at radius 3 is 2.65 bits per heavy atom. The SMILES string of the molecule is CCNC(=O)CN(CC)C(=O)/C=C/c1cccc(C)c1. The molecule has 0 saturated heterocycles. The van der Waals surface area contributed by atoms with E-state index >= 15 is 0 Å². The zero-order valence-corrected chi connectivity index (χ0v) is 12.3. The smallest absolute Gasteiger partial charge is 0.247 e. The van der Waals surface area contributed by atoms with Crippen LogP contribution in [0.25, 0.3) is 6.08 Å². The Kier molecular flexibility index (Phi) is 6.50. The third-order valence-electron chi connectivity index (χ3n) is 2.86. The summed E-state index contributed by atoms with van der Waals surface area (Å²) >= 11 is 0. The number of amides is 2. The van der Waals surface area contributed by atoms with Gasteiger partial charge in [-0.25, -0.2) is 0 Å². The molecule has 20 heavy (non-hydrogen) atoms. The third-order valence-corrected chi connectivity index (χ3v) is 2.86. The van der Waals surface area contributed by atoms with E-state index in [1.165, 1.54) is 11.0 Å². The summed E-state index contributed by atoms with van der Waals surface area (Å²) in [6, 6.07) is 7.90. The molecule has 0 atom stereocenters. The van der Waals surface area contributed by atoms with Gasteiger partial charge < -0.3 is 10.2 Å². The average molecular weight is 274 g/mol. The van der Waals surface area contributed by atoms with Crippen molar-refractivity contribution < 1.29 is 9.59 Å². The molecule has 2 amide bonds. The second kappa shape index (κ2) is 8.15. The maximum atomic E-state index is 12.0. The van der Waals surface area contributed by atoms with E-state index in [0.29, 0.717) is 13.1 Å². The number of nitrogens with zero attached hydrogens (tertiary/aromatic N) is 1. The number of likely N-dealkylation sites (N-methyl/N-ethyl adjacent to an activating group) is 2. The van der Waals surface area contributed by atoms with Gasteiger partial charge in [0.25, 0.3) is 0 Å². The molecule has 108 valence electrons. The van der Waals surface area contributed by atoms with Gasteiger partial charge in [0.1, 0.15) is 0 Å². The normalized spacial score (nSPS) is 10.6. The maximum absolute atomic E-state index is 12.0. The van der Waals surface area contributed by atoms with Gasteiger partial charge in [0, 0.05) is 19.2 Å². The fraction of sp³-hybridized carbons (Fsp3) is 0.375. The molecule has 4 nitrogen and oxygen atoms in total. The molecule has 0 unspecified atom stereocenters. The van der Waals surface area contributed by atoms with Crippen molar-refractivity contribution in [3.05, 3.63) is 41.5 Å². The number of carbonyl (C=O) groups is 2. The number of aryl methyl sites for hydroxylation is 1. The van der Waals surface area contributed by atoms with Gasteiger partial charge in [-0.3, -0.25) is 9.59 Å². The van der Waals surface area contributed by atoms with Crippen molar-refractivity contribution in [3.63, 3.8) is 0 Å². The Morgan fingerprint density at radius 2 is 2.05 bits per heavy atom. The maximum Gasteiger partial charge on any atom is 0.247 e. The van der Waals surface area contributed by atoms with Crippen LogP contribution in [-0.2, 0) is 9.59 Å². The molecule has 1 rings (SSSR count). The Bertz CT molecular complexity index is 495. The molecular formula is C16H22N2O2. The Labute approximate surface area is 120 Å².